The lowest BCUT2D eigenvalue weighted by molar-refractivity contribution is 0.0412. The molecule has 1 aliphatic heterocycles. The average molecular weight is 184 g/mol. The maximum Gasteiger partial charge on any atom is 0.0281 e. The second-order valence-electron chi connectivity index (χ2n) is 4.65. The molecule has 2 nitrogen and oxygen atoms in total. The molecule has 1 heterocycles. The molecule has 2 heteroatoms. The van der Waals surface area contributed by atoms with Crippen LogP contribution in [0.25, 0.3) is 0 Å². The minimum atomic E-state index is 0.342. The highest BCUT2D eigenvalue weighted by Gasteiger charge is 2.32. The smallest absolute Gasteiger partial charge is 0.0281 e. The van der Waals surface area contributed by atoms with Crippen LogP contribution in [-0.4, -0.2) is 36.1 Å². The first-order valence-electron chi connectivity index (χ1n) is 5.59. The van der Waals surface area contributed by atoms with E-state index in [4.69, 9.17) is 0 Å². The molecule has 0 spiro atoms. The van der Waals surface area contributed by atoms with E-state index in [2.05, 4.69) is 37.9 Å². The fraction of sp³-hybridized carbons (Fsp3) is 1.00. The van der Waals surface area contributed by atoms with E-state index in [1.807, 2.05) is 0 Å². The van der Waals surface area contributed by atoms with Crippen LogP contribution < -0.4 is 5.32 Å². The number of hydrogen-bond acceptors (Lipinski definition) is 2. The van der Waals surface area contributed by atoms with Gasteiger partial charge in [0.05, 0.1) is 0 Å². The van der Waals surface area contributed by atoms with Gasteiger partial charge in [-0.25, -0.2) is 0 Å². The van der Waals surface area contributed by atoms with Crippen molar-refractivity contribution in [2.24, 2.45) is 0 Å². The second kappa shape index (κ2) is 4.43. The summed E-state index contributed by atoms with van der Waals surface area (Å²) in [5.74, 6) is 0. The van der Waals surface area contributed by atoms with Crippen LogP contribution >= 0.6 is 0 Å². The summed E-state index contributed by atoms with van der Waals surface area (Å²) in [4.78, 5) is 2.67. The summed E-state index contributed by atoms with van der Waals surface area (Å²) >= 11 is 0. The van der Waals surface area contributed by atoms with E-state index in [-0.39, 0.29) is 0 Å². The molecule has 0 amide bonds. The third-order valence-electron chi connectivity index (χ3n) is 3.25. The van der Waals surface area contributed by atoms with Gasteiger partial charge in [-0.1, -0.05) is 13.8 Å². The molecule has 1 aliphatic rings. The van der Waals surface area contributed by atoms with Crippen LogP contribution in [-0.2, 0) is 0 Å². The minimum Gasteiger partial charge on any atom is -0.314 e. The van der Waals surface area contributed by atoms with Crippen molar-refractivity contribution in [1.29, 1.82) is 0 Å². The van der Waals surface area contributed by atoms with Gasteiger partial charge in [0.25, 0.3) is 0 Å². The van der Waals surface area contributed by atoms with E-state index < -0.39 is 0 Å². The Morgan fingerprint density at radius 3 is 2.38 bits per heavy atom. The molecule has 13 heavy (non-hydrogen) atoms. The van der Waals surface area contributed by atoms with Crippen molar-refractivity contribution < 1.29 is 0 Å². The summed E-state index contributed by atoms with van der Waals surface area (Å²) in [5.41, 5.74) is 0.342. The Morgan fingerprint density at radius 1 is 1.31 bits per heavy atom. The zero-order chi connectivity index (χ0) is 9.90. The number of rotatable bonds is 3. The van der Waals surface area contributed by atoms with Crippen molar-refractivity contribution in [2.75, 3.05) is 19.6 Å². The zero-order valence-electron chi connectivity index (χ0n) is 9.56. The van der Waals surface area contributed by atoms with E-state index in [1.54, 1.807) is 0 Å². The van der Waals surface area contributed by atoms with Crippen LogP contribution in [0.15, 0.2) is 0 Å². The quantitative estimate of drug-likeness (QED) is 0.720. The lowest BCUT2D eigenvalue weighted by Crippen LogP contribution is -2.60. The molecule has 1 N–H and O–H groups in total. The number of nitrogens with zero attached hydrogens (tertiary/aromatic N) is 1. The summed E-state index contributed by atoms with van der Waals surface area (Å²) in [7, 11) is 0. The van der Waals surface area contributed by atoms with Gasteiger partial charge in [-0.2, -0.15) is 0 Å². The standard InChI is InChI=1S/C11H24N2/c1-5-10(6-2)13-8-7-12-9-11(13,3)4/h10,12H,5-9H2,1-4H3. The van der Waals surface area contributed by atoms with E-state index in [9.17, 15) is 0 Å². The monoisotopic (exact) mass is 184 g/mol. The summed E-state index contributed by atoms with van der Waals surface area (Å²) in [6.45, 7) is 12.8. The van der Waals surface area contributed by atoms with Crippen molar-refractivity contribution in [1.82, 2.24) is 10.2 Å². The molecule has 0 bridgehead atoms. The molecule has 0 unspecified atom stereocenters. The maximum absolute atomic E-state index is 3.47. The van der Waals surface area contributed by atoms with E-state index in [1.165, 1.54) is 19.4 Å². The predicted molar refractivity (Wildman–Crippen MR) is 58.0 cm³/mol. The minimum absolute atomic E-state index is 0.342. The molecule has 1 fully saturated rings. The van der Waals surface area contributed by atoms with Gasteiger partial charge >= 0.3 is 0 Å². The molecular weight excluding hydrogens is 160 g/mol. The normalized spacial score (nSPS) is 23.8. The predicted octanol–water partition coefficient (Wildman–Crippen LogP) is 1.86. The second-order valence-corrected chi connectivity index (χ2v) is 4.65. The van der Waals surface area contributed by atoms with Gasteiger partial charge < -0.3 is 5.32 Å². The van der Waals surface area contributed by atoms with E-state index in [0.29, 0.717) is 5.54 Å². The molecule has 1 rings (SSSR count). The van der Waals surface area contributed by atoms with Crippen LogP contribution in [0.2, 0.25) is 0 Å². The van der Waals surface area contributed by atoms with Crippen LogP contribution in [0.1, 0.15) is 40.5 Å². The Hall–Kier alpha value is -0.0800. The molecule has 0 atom stereocenters. The van der Waals surface area contributed by atoms with E-state index >= 15 is 0 Å². The largest absolute Gasteiger partial charge is 0.314 e. The Labute approximate surface area is 82.7 Å². The molecule has 0 radical (unpaired) electrons. The van der Waals surface area contributed by atoms with Gasteiger partial charge in [-0.15, -0.1) is 0 Å². The van der Waals surface area contributed by atoms with Gasteiger partial charge in [0, 0.05) is 31.2 Å². The fourth-order valence-electron chi connectivity index (χ4n) is 2.40. The zero-order valence-corrected chi connectivity index (χ0v) is 9.56. The topological polar surface area (TPSA) is 15.3 Å². The number of nitrogens with one attached hydrogen (secondary N) is 1. The molecule has 0 aromatic heterocycles. The highest BCUT2D eigenvalue weighted by Crippen LogP contribution is 2.22. The maximum atomic E-state index is 3.47. The van der Waals surface area contributed by atoms with Crippen molar-refractivity contribution >= 4 is 0 Å². The average Bonchev–Trinajstić information content (AvgIpc) is 2.09. The Balaban J connectivity index is 2.63. The van der Waals surface area contributed by atoms with Crippen molar-refractivity contribution in [3.05, 3.63) is 0 Å². The molecule has 0 aromatic carbocycles. The van der Waals surface area contributed by atoms with Crippen molar-refractivity contribution in [2.45, 2.75) is 52.1 Å². The molecule has 78 valence electrons. The summed E-state index contributed by atoms with van der Waals surface area (Å²) < 4.78 is 0. The van der Waals surface area contributed by atoms with Crippen molar-refractivity contribution in [3.8, 4) is 0 Å². The van der Waals surface area contributed by atoms with E-state index in [0.717, 1.165) is 19.1 Å². The van der Waals surface area contributed by atoms with Crippen molar-refractivity contribution in [3.63, 3.8) is 0 Å². The first kappa shape index (κ1) is 11.0. The Kier molecular flexibility index (Phi) is 3.74. The first-order valence-corrected chi connectivity index (χ1v) is 5.59. The molecular formula is C11H24N2. The third kappa shape index (κ3) is 2.44. The molecule has 0 aromatic rings. The van der Waals surface area contributed by atoms with Crippen LogP contribution in [0.4, 0.5) is 0 Å². The summed E-state index contributed by atoms with van der Waals surface area (Å²) in [6, 6.07) is 0.775. The third-order valence-corrected chi connectivity index (χ3v) is 3.25. The van der Waals surface area contributed by atoms with Crippen LogP contribution in [0, 0.1) is 0 Å². The highest BCUT2D eigenvalue weighted by molar-refractivity contribution is 4.91. The SMILES string of the molecule is CCC(CC)N1CCNCC1(C)C. The Morgan fingerprint density at radius 2 is 1.92 bits per heavy atom. The lowest BCUT2D eigenvalue weighted by atomic mass is 9.95. The molecule has 0 aliphatic carbocycles. The highest BCUT2D eigenvalue weighted by atomic mass is 15.3. The van der Waals surface area contributed by atoms with Crippen LogP contribution in [0.3, 0.4) is 0 Å². The summed E-state index contributed by atoms with van der Waals surface area (Å²) in [6.07, 6.45) is 2.56. The van der Waals surface area contributed by atoms with Gasteiger partial charge in [0.15, 0.2) is 0 Å². The van der Waals surface area contributed by atoms with Gasteiger partial charge in [0.1, 0.15) is 0 Å². The number of hydrogen-bond donors (Lipinski definition) is 1. The molecule has 1 saturated heterocycles. The Bertz CT molecular complexity index is 150. The lowest BCUT2D eigenvalue weighted by Gasteiger charge is -2.47. The first-order chi connectivity index (χ1) is 6.11. The number of piperazine rings is 1. The van der Waals surface area contributed by atoms with Crippen LogP contribution in [0.5, 0.6) is 0 Å². The fourth-order valence-corrected chi connectivity index (χ4v) is 2.40. The summed E-state index contributed by atoms with van der Waals surface area (Å²) in [5, 5.41) is 3.47. The molecule has 0 saturated carbocycles. The van der Waals surface area contributed by atoms with Gasteiger partial charge in [-0.3, -0.25) is 4.90 Å². The van der Waals surface area contributed by atoms with Gasteiger partial charge in [0.2, 0.25) is 0 Å². The van der Waals surface area contributed by atoms with Gasteiger partial charge in [-0.05, 0) is 26.7 Å².